The second-order valence-corrected chi connectivity index (χ2v) is 7.40. The average molecular weight is 346 g/mol. The summed E-state index contributed by atoms with van der Waals surface area (Å²) in [5.41, 5.74) is 0.887. The maximum absolute atomic E-state index is 11.8. The summed E-state index contributed by atoms with van der Waals surface area (Å²) in [6, 6.07) is 1.82. The second kappa shape index (κ2) is 7.53. The highest BCUT2D eigenvalue weighted by molar-refractivity contribution is 7.06. The van der Waals surface area contributed by atoms with E-state index < -0.39 is 11.7 Å². The van der Waals surface area contributed by atoms with Gasteiger partial charge >= 0.3 is 6.09 Å². The minimum absolute atomic E-state index is 0.312. The van der Waals surface area contributed by atoms with Crippen LogP contribution in [0.1, 0.15) is 56.9 Å². The molecule has 0 saturated heterocycles. The number of amides is 1. The van der Waals surface area contributed by atoms with Crippen LogP contribution in [0.15, 0.2) is 18.5 Å². The predicted molar refractivity (Wildman–Crippen MR) is 97.0 cm³/mol. The molecule has 0 aliphatic carbocycles. The third kappa shape index (κ3) is 5.73. The van der Waals surface area contributed by atoms with E-state index in [2.05, 4.69) is 33.5 Å². The van der Waals surface area contributed by atoms with Gasteiger partial charge in [-0.05, 0) is 50.0 Å². The van der Waals surface area contributed by atoms with E-state index in [0.717, 1.165) is 16.4 Å². The standard InChI is InChI=1S/C17H22N4O2S/c1-11(2)15-20-14(24-21-15)7-6-12-8-13(10-18-9-12)19-16(22)23-17(3,4)5/h6-11H,1-5H3,(H,19,22). The molecule has 0 bridgehead atoms. The lowest BCUT2D eigenvalue weighted by molar-refractivity contribution is 0.0636. The molecule has 6 nitrogen and oxygen atoms in total. The van der Waals surface area contributed by atoms with Crippen LogP contribution in [-0.2, 0) is 4.74 Å². The summed E-state index contributed by atoms with van der Waals surface area (Å²) in [6.07, 6.45) is 6.55. The Morgan fingerprint density at radius 2 is 2.04 bits per heavy atom. The number of nitrogens with one attached hydrogen (secondary N) is 1. The Labute approximate surface area is 146 Å². The number of anilines is 1. The van der Waals surface area contributed by atoms with Crippen molar-refractivity contribution >= 4 is 35.5 Å². The molecule has 0 unspecified atom stereocenters. The number of rotatable bonds is 4. The Morgan fingerprint density at radius 3 is 2.67 bits per heavy atom. The Balaban J connectivity index is 2.04. The second-order valence-electron chi connectivity index (χ2n) is 6.61. The molecule has 2 aromatic heterocycles. The van der Waals surface area contributed by atoms with Crippen molar-refractivity contribution in [2.24, 2.45) is 0 Å². The molecule has 0 aliphatic heterocycles. The number of carbonyl (C=O) groups is 1. The van der Waals surface area contributed by atoms with E-state index in [1.165, 1.54) is 11.5 Å². The van der Waals surface area contributed by atoms with Gasteiger partial charge in [0.15, 0.2) is 0 Å². The number of nitrogens with zero attached hydrogens (tertiary/aromatic N) is 3. The van der Waals surface area contributed by atoms with Crippen LogP contribution in [-0.4, -0.2) is 26.0 Å². The molecule has 1 N–H and O–H groups in total. The van der Waals surface area contributed by atoms with Crippen molar-refractivity contribution in [3.63, 3.8) is 0 Å². The molecule has 0 atom stereocenters. The normalized spacial score (nSPS) is 11.9. The summed E-state index contributed by atoms with van der Waals surface area (Å²) in [5.74, 6) is 1.16. The first-order chi connectivity index (χ1) is 11.2. The monoisotopic (exact) mass is 346 g/mol. The van der Waals surface area contributed by atoms with Crippen molar-refractivity contribution in [3.8, 4) is 0 Å². The fourth-order valence-electron chi connectivity index (χ4n) is 1.76. The van der Waals surface area contributed by atoms with Crippen molar-refractivity contribution in [2.45, 2.75) is 46.1 Å². The van der Waals surface area contributed by atoms with Crippen molar-refractivity contribution in [1.82, 2.24) is 14.3 Å². The van der Waals surface area contributed by atoms with Crippen molar-refractivity contribution < 1.29 is 9.53 Å². The van der Waals surface area contributed by atoms with E-state index in [4.69, 9.17) is 4.74 Å². The fraction of sp³-hybridized carbons (Fsp3) is 0.412. The van der Waals surface area contributed by atoms with Crippen LogP contribution in [0, 0.1) is 0 Å². The van der Waals surface area contributed by atoms with Crippen LogP contribution in [0.4, 0.5) is 10.5 Å². The number of ether oxygens (including phenoxy) is 1. The van der Waals surface area contributed by atoms with E-state index in [1.807, 2.05) is 39.0 Å². The summed E-state index contributed by atoms with van der Waals surface area (Å²) in [5, 5.41) is 3.51. The SMILES string of the molecule is CC(C)c1nsc(C=Cc2cncc(NC(=O)OC(C)(C)C)c2)n1. The molecule has 1 amide bonds. The number of hydrogen-bond acceptors (Lipinski definition) is 6. The predicted octanol–water partition coefficient (Wildman–Crippen LogP) is 4.57. The Morgan fingerprint density at radius 1 is 1.29 bits per heavy atom. The summed E-state index contributed by atoms with van der Waals surface area (Å²) in [4.78, 5) is 20.4. The van der Waals surface area contributed by atoms with Gasteiger partial charge in [0.2, 0.25) is 0 Å². The van der Waals surface area contributed by atoms with E-state index in [9.17, 15) is 4.79 Å². The maximum atomic E-state index is 11.8. The van der Waals surface area contributed by atoms with E-state index in [1.54, 1.807) is 12.4 Å². The van der Waals surface area contributed by atoms with Crippen LogP contribution in [0.5, 0.6) is 0 Å². The van der Waals surface area contributed by atoms with Crippen LogP contribution >= 0.6 is 11.5 Å². The lowest BCUT2D eigenvalue weighted by Crippen LogP contribution is -2.27. The number of aromatic nitrogens is 3. The van der Waals surface area contributed by atoms with Crippen molar-refractivity contribution in [3.05, 3.63) is 34.9 Å². The first kappa shape index (κ1) is 18.1. The zero-order valence-corrected chi connectivity index (χ0v) is 15.3. The molecular weight excluding hydrogens is 324 g/mol. The molecule has 0 spiro atoms. The number of carbonyl (C=O) groups excluding carboxylic acids is 1. The summed E-state index contributed by atoms with van der Waals surface area (Å²) in [7, 11) is 0. The zero-order chi connectivity index (χ0) is 17.7. The van der Waals surface area contributed by atoms with Gasteiger partial charge in [-0.25, -0.2) is 9.78 Å². The van der Waals surface area contributed by atoms with Crippen LogP contribution in [0.2, 0.25) is 0 Å². The molecule has 2 heterocycles. The smallest absolute Gasteiger partial charge is 0.412 e. The largest absolute Gasteiger partial charge is 0.444 e. The molecule has 2 aromatic rings. The van der Waals surface area contributed by atoms with Gasteiger partial charge in [-0.2, -0.15) is 4.37 Å². The Kier molecular flexibility index (Phi) is 5.66. The van der Waals surface area contributed by atoms with Gasteiger partial charge in [0.1, 0.15) is 16.4 Å². The molecule has 2 rings (SSSR count). The van der Waals surface area contributed by atoms with Crippen LogP contribution in [0.3, 0.4) is 0 Å². The maximum Gasteiger partial charge on any atom is 0.412 e. The average Bonchev–Trinajstić information content (AvgIpc) is 2.92. The van der Waals surface area contributed by atoms with Gasteiger partial charge in [-0.15, -0.1) is 0 Å². The van der Waals surface area contributed by atoms with Crippen LogP contribution in [0.25, 0.3) is 12.2 Å². The lowest BCUT2D eigenvalue weighted by Gasteiger charge is -2.19. The topological polar surface area (TPSA) is 77.0 Å². The van der Waals surface area contributed by atoms with Crippen LogP contribution < -0.4 is 5.32 Å². The summed E-state index contributed by atoms with van der Waals surface area (Å²) >= 11 is 1.36. The molecule has 0 radical (unpaired) electrons. The molecule has 0 aromatic carbocycles. The van der Waals surface area contributed by atoms with Gasteiger partial charge < -0.3 is 4.74 Å². The Bertz CT molecular complexity index is 732. The Hall–Kier alpha value is -2.28. The van der Waals surface area contributed by atoms with Gasteiger partial charge in [0, 0.05) is 12.1 Å². The van der Waals surface area contributed by atoms with E-state index in [0.29, 0.717) is 11.6 Å². The van der Waals surface area contributed by atoms with E-state index in [-0.39, 0.29) is 0 Å². The number of hydrogen-bond donors (Lipinski definition) is 1. The molecule has 0 aliphatic rings. The molecule has 24 heavy (non-hydrogen) atoms. The highest BCUT2D eigenvalue weighted by Crippen LogP contribution is 2.17. The molecule has 128 valence electrons. The number of pyridine rings is 1. The summed E-state index contributed by atoms with van der Waals surface area (Å²) in [6.45, 7) is 9.57. The van der Waals surface area contributed by atoms with Gasteiger partial charge in [0.05, 0.1) is 11.9 Å². The minimum Gasteiger partial charge on any atom is -0.444 e. The molecule has 7 heteroatoms. The van der Waals surface area contributed by atoms with Gasteiger partial charge in [-0.3, -0.25) is 10.3 Å². The van der Waals surface area contributed by atoms with Crippen molar-refractivity contribution in [1.29, 1.82) is 0 Å². The molecule has 0 saturated carbocycles. The highest BCUT2D eigenvalue weighted by Gasteiger charge is 2.16. The first-order valence-corrected chi connectivity index (χ1v) is 8.47. The molecular formula is C17H22N4O2S. The third-order valence-corrected chi connectivity index (χ3v) is 3.49. The van der Waals surface area contributed by atoms with Gasteiger partial charge in [-0.1, -0.05) is 19.9 Å². The zero-order valence-electron chi connectivity index (χ0n) is 14.5. The first-order valence-electron chi connectivity index (χ1n) is 7.70. The van der Waals surface area contributed by atoms with Crippen molar-refractivity contribution in [2.75, 3.05) is 5.32 Å². The van der Waals surface area contributed by atoms with Gasteiger partial charge in [0.25, 0.3) is 0 Å². The summed E-state index contributed by atoms with van der Waals surface area (Å²) < 4.78 is 9.53. The van der Waals surface area contributed by atoms with E-state index >= 15 is 0 Å². The highest BCUT2D eigenvalue weighted by atomic mass is 32.1. The third-order valence-electron chi connectivity index (χ3n) is 2.80. The minimum atomic E-state index is -0.541. The molecule has 0 fully saturated rings. The fourth-order valence-corrected chi connectivity index (χ4v) is 2.46. The quantitative estimate of drug-likeness (QED) is 0.877. The lowest BCUT2D eigenvalue weighted by atomic mass is 10.2.